The molecule has 22 heavy (non-hydrogen) atoms. The molecule has 2 aromatic carbocycles. The standard InChI is InChI=1S/C15H13N3O3S/c1-10-6-8-11(9-7-10)17-18-15-16-14(19)12-4-2-3-5-13(12)22(15,20)21/h2-9,17H,1H3,(H,16,18,19). The summed E-state index contributed by atoms with van der Waals surface area (Å²) in [6.07, 6.45) is 0. The van der Waals surface area contributed by atoms with Crippen LogP contribution >= 0.6 is 0 Å². The second-order valence-corrected chi connectivity index (χ2v) is 6.68. The molecule has 6 nitrogen and oxygen atoms in total. The van der Waals surface area contributed by atoms with Crippen molar-refractivity contribution in [3.8, 4) is 0 Å². The van der Waals surface area contributed by atoms with Crippen molar-refractivity contribution in [3.05, 3.63) is 59.7 Å². The second kappa shape index (κ2) is 5.27. The molecule has 3 rings (SSSR count). The summed E-state index contributed by atoms with van der Waals surface area (Å²) < 4.78 is 24.9. The lowest BCUT2D eigenvalue weighted by molar-refractivity contribution is 0.0973. The lowest BCUT2D eigenvalue weighted by Crippen LogP contribution is -2.42. The zero-order chi connectivity index (χ0) is 15.7. The van der Waals surface area contributed by atoms with Gasteiger partial charge in [-0.25, -0.2) is 8.42 Å². The summed E-state index contributed by atoms with van der Waals surface area (Å²) in [6.45, 7) is 1.94. The smallest absolute Gasteiger partial charge is 0.258 e. The van der Waals surface area contributed by atoms with Crippen molar-refractivity contribution in [2.75, 3.05) is 5.43 Å². The van der Waals surface area contributed by atoms with Crippen molar-refractivity contribution in [1.29, 1.82) is 0 Å². The number of anilines is 1. The van der Waals surface area contributed by atoms with Gasteiger partial charge in [-0.2, -0.15) is 0 Å². The van der Waals surface area contributed by atoms with Crippen LogP contribution in [0.4, 0.5) is 5.69 Å². The molecule has 2 N–H and O–H groups in total. The number of carbonyl (C=O) groups is 1. The molecule has 1 aliphatic heterocycles. The van der Waals surface area contributed by atoms with Gasteiger partial charge >= 0.3 is 0 Å². The predicted octanol–water partition coefficient (Wildman–Crippen LogP) is 1.90. The molecule has 0 bridgehead atoms. The van der Waals surface area contributed by atoms with Crippen LogP contribution in [0, 0.1) is 6.92 Å². The number of amides is 1. The van der Waals surface area contributed by atoms with Crippen molar-refractivity contribution >= 4 is 26.6 Å². The van der Waals surface area contributed by atoms with Crippen LogP contribution in [0.2, 0.25) is 0 Å². The molecular formula is C15H13N3O3S. The van der Waals surface area contributed by atoms with E-state index in [4.69, 9.17) is 0 Å². The maximum absolute atomic E-state index is 12.4. The average molecular weight is 315 g/mol. The number of carbonyl (C=O) groups excluding carboxylic acids is 1. The maximum atomic E-state index is 12.4. The molecule has 2 aromatic rings. The number of aryl methyl sites for hydroxylation is 1. The van der Waals surface area contributed by atoms with Crippen LogP contribution in [-0.2, 0) is 9.84 Å². The molecule has 0 aliphatic carbocycles. The first-order valence-corrected chi connectivity index (χ1v) is 8.02. The van der Waals surface area contributed by atoms with Gasteiger partial charge in [0.05, 0.1) is 16.1 Å². The van der Waals surface area contributed by atoms with E-state index in [1.807, 2.05) is 19.1 Å². The molecule has 0 saturated carbocycles. The number of sulfone groups is 1. The molecule has 112 valence electrons. The van der Waals surface area contributed by atoms with E-state index in [9.17, 15) is 13.2 Å². The van der Waals surface area contributed by atoms with Gasteiger partial charge in [0.2, 0.25) is 9.84 Å². The number of hydrogen-bond donors (Lipinski definition) is 2. The van der Waals surface area contributed by atoms with Crippen molar-refractivity contribution < 1.29 is 13.2 Å². The number of rotatable bonds is 2. The molecule has 1 aliphatic rings. The second-order valence-electron chi connectivity index (χ2n) is 4.85. The first-order valence-electron chi connectivity index (χ1n) is 6.54. The van der Waals surface area contributed by atoms with Crippen LogP contribution < -0.4 is 10.7 Å². The number of nitrogens with zero attached hydrogens (tertiary/aromatic N) is 1. The first-order chi connectivity index (χ1) is 10.5. The summed E-state index contributed by atoms with van der Waals surface area (Å²) in [5.74, 6) is -0.491. The lowest BCUT2D eigenvalue weighted by Gasteiger charge is -2.18. The molecule has 0 saturated heterocycles. The van der Waals surface area contributed by atoms with E-state index >= 15 is 0 Å². The zero-order valence-electron chi connectivity index (χ0n) is 11.7. The Morgan fingerprint density at radius 2 is 1.73 bits per heavy atom. The van der Waals surface area contributed by atoms with Crippen molar-refractivity contribution in [3.63, 3.8) is 0 Å². The minimum atomic E-state index is -3.84. The zero-order valence-corrected chi connectivity index (χ0v) is 12.5. The normalized spacial score (nSPS) is 17.7. The Labute approximate surface area is 127 Å². The van der Waals surface area contributed by atoms with Gasteiger partial charge in [-0.05, 0) is 31.2 Å². The highest BCUT2D eigenvalue weighted by molar-refractivity contribution is 8.06. The third-order valence-electron chi connectivity index (χ3n) is 3.23. The number of hydrazone groups is 1. The Bertz CT molecular complexity index is 871. The van der Waals surface area contributed by atoms with Gasteiger partial charge < -0.3 is 0 Å². The monoisotopic (exact) mass is 315 g/mol. The van der Waals surface area contributed by atoms with Crippen molar-refractivity contribution in [2.45, 2.75) is 11.8 Å². The number of hydrogen-bond acceptors (Lipinski definition) is 5. The molecule has 0 spiro atoms. The van der Waals surface area contributed by atoms with Crippen LogP contribution in [0.1, 0.15) is 15.9 Å². The van der Waals surface area contributed by atoms with Gasteiger partial charge in [0.1, 0.15) is 0 Å². The predicted molar refractivity (Wildman–Crippen MR) is 83.3 cm³/mol. The Morgan fingerprint density at radius 1 is 1.05 bits per heavy atom. The minimum absolute atomic E-state index is 0.0387. The summed E-state index contributed by atoms with van der Waals surface area (Å²) in [6, 6.07) is 13.3. The molecule has 7 heteroatoms. The van der Waals surface area contributed by atoms with Gasteiger partial charge in [0.15, 0.2) is 0 Å². The highest BCUT2D eigenvalue weighted by atomic mass is 32.2. The number of amidine groups is 1. The van der Waals surface area contributed by atoms with Crippen LogP contribution in [0.5, 0.6) is 0 Å². The van der Waals surface area contributed by atoms with E-state index in [-0.39, 0.29) is 10.5 Å². The minimum Gasteiger partial charge on any atom is -0.295 e. The lowest BCUT2D eigenvalue weighted by atomic mass is 10.2. The van der Waals surface area contributed by atoms with Gasteiger partial charge in [0.25, 0.3) is 11.1 Å². The third-order valence-corrected chi connectivity index (χ3v) is 4.87. The van der Waals surface area contributed by atoms with E-state index in [1.54, 1.807) is 24.3 Å². The summed E-state index contributed by atoms with van der Waals surface area (Å²) in [4.78, 5) is 11.9. The molecule has 0 atom stereocenters. The maximum Gasteiger partial charge on any atom is 0.258 e. The summed E-state index contributed by atoms with van der Waals surface area (Å²) in [5.41, 5.74) is 4.47. The van der Waals surface area contributed by atoms with Crippen molar-refractivity contribution in [2.24, 2.45) is 5.10 Å². The van der Waals surface area contributed by atoms with Gasteiger partial charge in [0, 0.05) is 0 Å². The highest BCUT2D eigenvalue weighted by Gasteiger charge is 2.34. The third kappa shape index (κ3) is 2.46. The van der Waals surface area contributed by atoms with E-state index in [1.165, 1.54) is 12.1 Å². The van der Waals surface area contributed by atoms with E-state index in [2.05, 4.69) is 15.8 Å². The van der Waals surface area contributed by atoms with Gasteiger partial charge in [-0.3, -0.25) is 15.5 Å². The molecular weight excluding hydrogens is 302 g/mol. The SMILES string of the molecule is Cc1ccc(N/N=C2/NC(=O)c3ccccc3S2(=O)=O)cc1. The van der Waals surface area contributed by atoms with Crippen LogP contribution in [-0.4, -0.2) is 19.5 Å². The largest absolute Gasteiger partial charge is 0.295 e. The first kappa shape index (κ1) is 14.3. The molecule has 0 aromatic heterocycles. The van der Waals surface area contributed by atoms with Crippen molar-refractivity contribution in [1.82, 2.24) is 5.32 Å². The summed E-state index contributed by atoms with van der Waals surface area (Å²) >= 11 is 0. The Balaban J connectivity index is 1.97. The number of benzene rings is 2. The Hall–Kier alpha value is -2.67. The average Bonchev–Trinajstić information content (AvgIpc) is 2.51. The van der Waals surface area contributed by atoms with E-state index < -0.39 is 20.9 Å². The van der Waals surface area contributed by atoms with Crippen LogP contribution in [0.15, 0.2) is 58.5 Å². The molecule has 1 heterocycles. The Kier molecular flexibility index (Phi) is 3.42. The van der Waals surface area contributed by atoms with Gasteiger partial charge in [-0.1, -0.05) is 29.8 Å². The highest BCUT2D eigenvalue weighted by Crippen LogP contribution is 2.22. The fourth-order valence-electron chi connectivity index (χ4n) is 2.06. The van der Waals surface area contributed by atoms with E-state index in [0.717, 1.165) is 5.56 Å². The summed E-state index contributed by atoms with van der Waals surface area (Å²) in [7, 11) is -3.84. The quantitative estimate of drug-likeness (QED) is 0.829. The Morgan fingerprint density at radius 3 is 2.45 bits per heavy atom. The fraction of sp³-hybridized carbons (Fsp3) is 0.0667. The molecule has 1 amide bonds. The number of nitrogens with one attached hydrogen (secondary N) is 2. The van der Waals surface area contributed by atoms with Crippen LogP contribution in [0.3, 0.4) is 0 Å². The summed E-state index contributed by atoms with van der Waals surface area (Å²) in [5, 5.41) is 5.73. The number of fused-ring (bicyclic) bond motifs is 1. The van der Waals surface area contributed by atoms with Gasteiger partial charge in [-0.15, -0.1) is 5.10 Å². The topological polar surface area (TPSA) is 87.6 Å². The fourth-order valence-corrected chi connectivity index (χ4v) is 3.36. The van der Waals surface area contributed by atoms with Crippen LogP contribution in [0.25, 0.3) is 0 Å². The molecule has 0 unspecified atom stereocenters. The molecule has 0 radical (unpaired) electrons. The van der Waals surface area contributed by atoms with E-state index in [0.29, 0.717) is 5.69 Å². The molecule has 0 fully saturated rings.